The van der Waals surface area contributed by atoms with Crippen LogP contribution in [0.15, 0.2) is 53.0 Å². The van der Waals surface area contributed by atoms with Crippen molar-refractivity contribution in [1.29, 1.82) is 0 Å². The van der Waals surface area contributed by atoms with Crippen molar-refractivity contribution in [2.24, 2.45) is 0 Å². The maximum absolute atomic E-state index is 13.4. The van der Waals surface area contributed by atoms with E-state index in [1.807, 2.05) is 0 Å². The van der Waals surface area contributed by atoms with Gasteiger partial charge >= 0.3 is 24.2 Å². The quantitative estimate of drug-likeness (QED) is 0.630. The summed E-state index contributed by atoms with van der Waals surface area (Å²) in [6.07, 6.45) is -9.79. The molecule has 0 saturated carbocycles. The minimum atomic E-state index is -6.17. The molecule has 1 aliphatic heterocycles. The van der Waals surface area contributed by atoms with Gasteiger partial charge in [0.1, 0.15) is 11.4 Å². The van der Waals surface area contributed by atoms with Crippen molar-refractivity contribution in [1.82, 2.24) is 9.88 Å². The van der Waals surface area contributed by atoms with Crippen molar-refractivity contribution in [2.75, 3.05) is 6.54 Å². The van der Waals surface area contributed by atoms with Gasteiger partial charge in [-0.15, -0.1) is 0 Å². The Kier molecular flexibility index (Phi) is 6.04. The molecule has 2 heterocycles. The number of amides is 1. The minimum absolute atomic E-state index is 0.0977. The fraction of sp³-hybridized carbons (Fsp3) is 0.333. The lowest BCUT2D eigenvalue weighted by Gasteiger charge is -2.38. The highest BCUT2D eigenvalue weighted by Crippen LogP contribution is 2.43. The van der Waals surface area contributed by atoms with E-state index in [9.17, 15) is 44.7 Å². The number of halogens is 8. The van der Waals surface area contributed by atoms with Crippen LogP contribution in [0.25, 0.3) is 5.70 Å². The summed E-state index contributed by atoms with van der Waals surface area (Å²) >= 11 is 0. The number of ether oxygens (including phenoxy) is 1. The Balaban J connectivity index is 2.22. The molecule has 3 rings (SSSR count). The van der Waals surface area contributed by atoms with E-state index >= 15 is 0 Å². The first-order valence-corrected chi connectivity index (χ1v) is 9.52. The van der Waals surface area contributed by atoms with E-state index < -0.39 is 47.5 Å². The fourth-order valence-electron chi connectivity index (χ4n) is 3.36. The van der Waals surface area contributed by atoms with Gasteiger partial charge in [-0.25, -0.2) is 0 Å². The van der Waals surface area contributed by atoms with E-state index in [-0.39, 0.29) is 22.6 Å². The number of nitrogens with one attached hydrogen (secondary N) is 1. The Morgan fingerprint density at radius 3 is 2.24 bits per heavy atom. The van der Waals surface area contributed by atoms with Gasteiger partial charge in [-0.1, -0.05) is 6.07 Å². The molecule has 1 aromatic carbocycles. The van der Waals surface area contributed by atoms with Gasteiger partial charge in [0, 0.05) is 29.9 Å². The Labute approximate surface area is 186 Å². The van der Waals surface area contributed by atoms with Gasteiger partial charge in [-0.2, -0.15) is 35.1 Å². The second-order valence-electron chi connectivity index (χ2n) is 7.81. The van der Waals surface area contributed by atoms with Crippen LogP contribution in [0.4, 0.5) is 35.1 Å². The number of pyridine rings is 1. The molecule has 0 radical (unpaired) electrons. The maximum atomic E-state index is 13.4. The number of hydrogen-bond donors (Lipinski definition) is 1. The molecule has 5 nitrogen and oxygen atoms in total. The van der Waals surface area contributed by atoms with E-state index in [0.29, 0.717) is 6.07 Å². The zero-order chi connectivity index (χ0) is 25.7. The van der Waals surface area contributed by atoms with E-state index in [2.05, 4.69) is 0 Å². The average Bonchev–Trinajstić information content (AvgIpc) is 2.69. The molecule has 1 N–H and O–H groups in total. The van der Waals surface area contributed by atoms with Crippen molar-refractivity contribution in [3.8, 4) is 5.75 Å². The SMILES string of the molecule is CC1(C)Oc2ccc(C(F)(F)F)cc2C(n2ccccc2=O)=C1CNC(=O)C(F)(F)C(F)(F)F. The molecule has 2 aromatic rings. The van der Waals surface area contributed by atoms with Crippen LogP contribution in [-0.2, 0) is 11.0 Å². The first-order chi connectivity index (χ1) is 15.5. The largest absolute Gasteiger partial charge is 0.483 e. The highest BCUT2D eigenvalue weighted by atomic mass is 19.4. The first kappa shape index (κ1) is 25.2. The summed E-state index contributed by atoms with van der Waals surface area (Å²) in [6, 6.07) is 6.15. The smallest absolute Gasteiger partial charge is 0.463 e. The molecular weight excluding hydrogens is 480 g/mol. The summed E-state index contributed by atoms with van der Waals surface area (Å²) in [7, 11) is 0. The van der Waals surface area contributed by atoms with Crippen LogP contribution in [0.3, 0.4) is 0 Å². The number of rotatable bonds is 4. The summed E-state index contributed by atoms with van der Waals surface area (Å²) in [5.41, 5.74) is -4.11. The van der Waals surface area contributed by atoms with E-state index in [1.165, 1.54) is 37.5 Å². The first-order valence-electron chi connectivity index (χ1n) is 9.52. The maximum Gasteiger partial charge on any atom is 0.463 e. The molecule has 1 aromatic heterocycles. The standard InChI is InChI=1S/C21H16F8N2O3/c1-18(2)13(10-30-17(33)19(22,23)21(27,28)29)16(31-8-4-3-5-15(31)32)12-9-11(20(24,25)26)6-7-14(12)34-18/h3-9H,10H2,1-2H3,(H,30,33). The van der Waals surface area contributed by atoms with Gasteiger partial charge < -0.3 is 10.1 Å². The van der Waals surface area contributed by atoms with Crippen molar-refractivity contribution in [3.05, 3.63) is 69.6 Å². The van der Waals surface area contributed by atoms with Gasteiger partial charge in [0.15, 0.2) is 0 Å². The molecule has 0 aliphatic carbocycles. The molecule has 13 heteroatoms. The third-order valence-electron chi connectivity index (χ3n) is 5.07. The average molecular weight is 496 g/mol. The lowest BCUT2D eigenvalue weighted by atomic mass is 9.88. The fourth-order valence-corrected chi connectivity index (χ4v) is 3.36. The number of benzene rings is 1. The molecule has 0 bridgehead atoms. The Bertz CT molecular complexity index is 1210. The second kappa shape index (κ2) is 8.13. The Morgan fingerprint density at radius 2 is 1.68 bits per heavy atom. The van der Waals surface area contributed by atoms with Gasteiger partial charge in [-0.05, 0) is 38.1 Å². The van der Waals surface area contributed by atoms with Crippen LogP contribution >= 0.6 is 0 Å². The predicted octanol–water partition coefficient (Wildman–Crippen LogP) is 4.61. The lowest BCUT2D eigenvalue weighted by molar-refractivity contribution is -0.269. The van der Waals surface area contributed by atoms with Crippen LogP contribution in [0.5, 0.6) is 5.75 Å². The number of carbonyl (C=O) groups is 1. The van der Waals surface area contributed by atoms with Crippen molar-refractivity contribution in [3.63, 3.8) is 0 Å². The molecule has 1 amide bonds. The molecule has 0 spiro atoms. The van der Waals surface area contributed by atoms with Crippen LogP contribution in [-0.4, -0.2) is 34.7 Å². The summed E-state index contributed by atoms with van der Waals surface area (Å²) in [4.78, 5) is 24.1. The number of alkyl halides is 8. The summed E-state index contributed by atoms with van der Waals surface area (Å²) in [5.74, 6) is -8.49. The molecule has 0 saturated heterocycles. The molecular formula is C21H16F8N2O3. The van der Waals surface area contributed by atoms with Crippen LogP contribution in [0.2, 0.25) is 0 Å². The van der Waals surface area contributed by atoms with Gasteiger partial charge in [0.2, 0.25) is 0 Å². The third-order valence-corrected chi connectivity index (χ3v) is 5.07. The molecule has 34 heavy (non-hydrogen) atoms. The molecule has 0 fully saturated rings. The number of aromatic nitrogens is 1. The monoisotopic (exact) mass is 496 g/mol. The third kappa shape index (κ3) is 4.50. The normalized spacial score (nSPS) is 16.1. The van der Waals surface area contributed by atoms with Crippen molar-refractivity contribution < 1.29 is 44.7 Å². The Morgan fingerprint density at radius 1 is 1.03 bits per heavy atom. The van der Waals surface area contributed by atoms with Crippen molar-refractivity contribution >= 4 is 11.6 Å². The highest BCUT2D eigenvalue weighted by Gasteiger charge is 2.63. The van der Waals surface area contributed by atoms with Crippen molar-refractivity contribution in [2.45, 2.75) is 37.7 Å². The number of nitrogens with zero attached hydrogens (tertiary/aromatic N) is 1. The molecule has 184 valence electrons. The highest BCUT2D eigenvalue weighted by molar-refractivity contribution is 5.85. The Hall–Kier alpha value is -3.38. The van der Waals surface area contributed by atoms with Gasteiger partial charge in [0.25, 0.3) is 5.56 Å². The minimum Gasteiger partial charge on any atom is -0.483 e. The zero-order valence-corrected chi connectivity index (χ0v) is 17.4. The molecule has 0 atom stereocenters. The number of hydrogen-bond acceptors (Lipinski definition) is 3. The lowest BCUT2D eigenvalue weighted by Crippen LogP contribution is -2.52. The van der Waals surface area contributed by atoms with E-state index in [4.69, 9.17) is 4.74 Å². The second-order valence-corrected chi connectivity index (χ2v) is 7.81. The predicted molar refractivity (Wildman–Crippen MR) is 103 cm³/mol. The van der Waals surface area contributed by atoms with Gasteiger partial charge in [0.05, 0.1) is 11.3 Å². The number of carbonyl (C=O) groups excluding carboxylic acids is 1. The summed E-state index contributed by atoms with van der Waals surface area (Å²) in [5, 5.41) is 1.47. The summed E-state index contributed by atoms with van der Waals surface area (Å²) in [6.45, 7) is 1.72. The number of fused-ring (bicyclic) bond motifs is 1. The van der Waals surface area contributed by atoms with Crippen LogP contribution < -0.4 is 15.6 Å². The van der Waals surface area contributed by atoms with Gasteiger partial charge in [-0.3, -0.25) is 14.2 Å². The van der Waals surface area contributed by atoms with Crippen LogP contribution in [0, 0.1) is 0 Å². The zero-order valence-electron chi connectivity index (χ0n) is 17.4. The van der Waals surface area contributed by atoms with E-state index in [1.54, 1.807) is 0 Å². The molecule has 1 aliphatic rings. The summed E-state index contributed by atoms with van der Waals surface area (Å²) < 4.78 is 111. The topological polar surface area (TPSA) is 60.3 Å². The molecule has 0 unspecified atom stereocenters. The van der Waals surface area contributed by atoms with E-state index in [0.717, 1.165) is 22.8 Å². The van der Waals surface area contributed by atoms with Crippen LogP contribution in [0.1, 0.15) is 25.0 Å².